The predicted molar refractivity (Wildman–Crippen MR) is 65.3 cm³/mol. The summed E-state index contributed by atoms with van der Waals surface area (Å²) in [6, 6.07) is 5.87. The number of H-pyrrole nitrogens is 1. The summed E-state index contributed by atoms with van der Waals surface area (Å²) in [4.78, 5) is 14.9. The van der Waals surface area contributed by atoms with E-state index in [-0.39, 0.29) is 5.56 Å². The normalized spacial score (nSPS) is 20.4. The van der Waals surface area contributed by atoms with Gasteiger partial charge >= 0.3 is 0 Å². The number of anilines is 1. The summed E-state index contributed by atoms with van der Waals surface area (Å²) in [5.74, 6) is 0. The summed E-state index contributed by atoms with van der Waals surface area (Å²) in [6.45, 7) is 1.60. The molecule has 3 rings (SSSR count). The van der Waals surface area contributed by atoms with Gasteiger partial charge in [0.05, 0.1) is 17.6 Å². The fourth-order valence-corrected chi connectivity index (χ4v) is 2.89. The second-order valence-electron chi connectivity index (χ2n) is 3.92. The van der Waals surface area contributed by atoms with Gasteiger partial charge in [-0.2, -0.15) is 0 Å². The Morgan fingerprint density at radius 1 is 1.50 bits per heavy atom. The molecule has 1 fully saturated rings. The van der Waals surface area contributed by atoms with Gasteiger partial charge in [-0.1, -0.05) is 0 Å². The number of hydrogen-bond donors (Lipinski definition) is 2. The van der Waals surface area contributed by atoms with Crippen molar-refractivity contribution in [2.75, 3.05) is 18.5 Å². The Balaban J connectivity index is 1.89. The molecule has 0 radical (unpaired) electrons. The van der Waals surface area contributed by atoms with Crippen molar-refractivity contribution in [2.45, 2.75) is 12.5 Å². The van der Waals surface area contributed by atoms with E-state index in [0.717, 1.165) is 34.9 Å². The Morgan fingerprint density at radius 2 is 2.44 bits per heavy atom. The minimum absolute atomic E-state index is 0.0508. The van der Waals surface area contributed by atoms with E-state index >= 15 is 0 Å². The van der Waals surface area contributed by atoms with Crippen LogP contribution >= 0.6 is 11.3 Å². The van der Waals surface area contributed by atoms with Crippen molar-refractivity contribution < 1.29 is 4.74 Å². The van der Waals surface area contributed by atoms with Gasteiger partial charge in [0, 0.05) is 18.1 Å². The Hall–Kier alpha value is -1.33. The maximum Gasteiger partial charge on any atom is 0.249 e. The van der Waals surface area contributed by atoms with E-state index in [2.05, 4.69) is 16.4 Å². The predicted octanol–water partition coefficient (Wildman–Crippen LogP) is 1.79. The fraction of sp³-hybridized carbons (Fsp3) is 0.364. The highest BCUT2D eigenvalue weighted by atomic mass is 32.1. The maximum absolute atomic E-state index is 11.1. The van der Waals surface area contributed by atoms with Crippen molar-refractivity contribution in [3.05, 3.63) is 28.6 Å². The molecule has 0 bridgehead atoms. The van der Waals surface area contributed by atoms with Crippen LogP contribution in [0.3, 0.4) is 0 Å². The number of aromatic nitrogens is 1. The largest absolute Gasteiger partial charge is 0.379 e. The van der Waals surface area contributed by atoms with Crippen LogP contribution in [-0.4, -0.2) is 24.2 Å². The first-order chi connectivity index (χ1) is 7.81. The lowest BCUT2D eigenvalue weighted by molar-refractivity contribution is 0.195. The molecule has 1 unspecified atom stereocenters. The summed E-state index contributed by atoms with van der Waals surface area (Å²) >= 11 is 1.58. The van der Waals surface area contributed by atoms with Crippen molar-refractivity contribution in [1.82, 2.24) is 4.98 Å². The molecule has 0 spiro atoms. The fourth-order valence-electron chi connectivity index (χ4n) is 1.87. The number of pyridine rings is 1. The zero-order valence-corrected chi connectivity index (χ0v) is 9.47. The van der Waals surface area contributed by atoms with Crippen LogP contribution in [0.4, 0.5) is 5.00 Å². The number of fused-ring (bicyclic) bond motifs is 1. The molecule has 1 aliphatic heterocycles. The summed E-state index contributed by atoms with van der Waals surface area (Å²) < 4.78 is 5.31. The number of rotatable bonds is 2. The molecule has 0 amide bonds. The van der Waals surface area contributed by atoms with Crippen LogP contribution in [0, 0.1) is 0 Å². The van der Waals surface area contributed by atoms with E-state index in [4.69, 9.17) is 4.74 Å². The van der Waals surface area contributed by atoms with Gasteiger partial charge in [-0.05, 0) is 18.6 Å². The highest BCUT2D eigenvalue weighted by molar-refractivity contribution is 7.22. The first-order valence-corrected chi connectivity index (χ1v) is 6.10. The Bertz CT molecular complexity index is 554. The molecule has 1 saturated heterocycles. The van der Waals surface area contributed by atoms with Gasteiger partial charge in [-0.15, -0.1) is 11.3 Å². The monoisotopic (exact) mass is 236 g/mol. The second-order valence-corrected chi connectivity index (χ2v) is 4.97. The molecule has 0 aliphatic carbocycles. The van der Waals surface area contributed by atoms with Crippen molar-refractivity contribution >= 4 is 26.6 Å². The molecule has 4 nitrogen and oxygen atoms in total. The van der Waals surface area contributed by atoms with Crippen LogP contribution in [0.2, 0.25) is 0 Å². The third-order valence-electron chi connectivity index (χ3n) is 2.69. The second kappa shape index (κ2) is 3.92. The Morgan fingerprint density at radius 3 is 3.25 bits per heavy atom. The summed E-state index contributed by atoms with van der Waals surface area (Å²) in [6.07, 6.45) is 1.05. The average Bonchev–Trinajstić information content (AvgIpc) is 2.86. The van der Waals surface area contributed by atoms with Crippen LogP contribution in [0.5, 0.6) is 0 Å². The van der Waals surface area contributed by atoms with Gasteiger partial charge < -0.3 is 15.0 Å². The molecular formula is C11H12N2O2S. The van der Waals surface area contributed by atoms with Gasteiger partial charge in [0.25, 0.3) is 0 Å². The average molecular weight is 236 g/mol. The number of nitrogens with one attached hydrogen (secondary N) is 2. The highest BCUT2D eigenvalue weighted by Gasteiger charge is 2.15. The van der Waals surface area contributed by atoms with Crippen molar-refractivity contribution in [3.8, 4) is 0 Å². The molecule has 0 aromatic carbocycles. The zero-order chi connectivity index (χ0) is 11.0. The number of hydrogen-bond acceptors (Lipinski definition) is 4. The van der Waals surface area contributed by atoms with Gasteiger partial charge in [-0.3, -0.25) is 4.79 Å². The van der Waals surface area contributed by atoms with Crippen LogP contribution in [0.25, 0.3) is 10.2 Å². The summed E-state index contributed by atoms with van der Waals surface area (Å²) in [5, 5.41) is 5.59. The van der Waals surface area contributed by atoms with Gasteiger partial charge in [-0.25, -0.2) is 0 Å². The van der Waals surface area contributed by atoms with Crippen molar-refractivity contribution in [3.63, 3.8) is 0 Å². The summed E-state index contributed by atoms with van der Waals surface area (Å²) in [7, 11) is 0. The van der Waals surface area contributed by atoms with Crippen molar-refractivity contribution in [2.24, 2.45) is 0 Å². The molecule has 84 valence electrons. The van der Waals surface area contributed by atoms with Crippen LogP contribution in [-0.2, 0) is 4.74 Å². The zero-order valence-electron chi connectivity index (χ0n) is 8.66. The molecule has 3 heterocycles. The number of aromatic amines is 1. The molecule has 0 saturated carbocycles. The van der Waals surface area contributed by atoms with E-state index in [1.54, 1.807) is 17.4 Å². The van der Waals surface area contributed by atoms with Gasteiger partial charge in [0.1, 0.15) is 4.83 Å². The van der Waals surface area contributed by atoms with E-state index in [1.165, 1.54) is 0 Å². The first-order valence-electron chi connectivity index (χ1n) is 5.28. The Kier molecular flexibility index (Phi) is 2.41. The standard InChI is InChI=1S/C11H12N2O2S/c14-9-2-1-7-5-10(16-11(7)13-9)12-8-3-4-15-6-8/h1-2,5,8,12H,3-4,6H2,(H,13,14). The van der Waals surface area contributed by atoms with E-state index in [9.17, 15) is 4.79 Å². The third kappa shape index (κ3) is 1.83. The van der Waals surface area contributed by atoms with E-state index < -0.39 is 0 Å². The molecule has 1 aliphatic rings. The van der Waals surface area contributed by atoms with Crippen LogP contribution in [0.1, 0.15) is 6.42 Å². The lowest BCUT2D eigenvalue weighted by Gasteiger charge is -2.08. The van der Waals surface area contributed by atoms with E-state index in [1.807, 2.05) is 6.07 Å². The lowest BCUT2D eigenvalue weighted by Crippen LogP contribution is -2.17. The van der Waals surface area contributed by atoms with Gasteiger partial charge in [0.15, 0.2) is 0 Å². The Labute approximate surface area is 96.3 Å². The highest BCUT2D eigenvalue weighted by Crippen LogP contribution is 2.28. The van der Waals surface area contributed by atoms with Crippen LogP contribution in [0.15, 0.2) is 23.0 Å². The smallest absolute Gasteiger partial charge is 0.249 e. The third-order valence-corrected chi connectivity index (χ3v) is 3.69. The minimum atomic E-state index is -0.0508. The van der Waals surface area contributed by atoms with Crippen LogP contribution < -0.4 is 10.9 Å². The van der Waals surface area contributed by atoms with E-state index in [0.29, 0.717) is 6.04 Å². The first kappa shape index (κ1) is 9.86. The molecular weight excluding hydrogens is 224 g/mol. The summed E-state index contributed by atoms with van der Waals surface area (Å²) in [5.41, 5.74) is -0.0508. The molecule has 1 atom stereocenters. The maximum atomic E-state index is 11.1. The molecule has 2 N–H and O–H groups in total. The molecule has 16 heavy (non-hydrogen) atoms. The lowest BCUT2D eigenvalue weighted by atomic mass is 10.2. The van der Waals surface area contributed by atoms with Gasteiger partial charge in [0.2, 0.25) is 5.56 Å². The SMILES string of the molecule is O=c1ccc2cc(NC3CCOC3)sc2[nH]1. The van der Waals surface area contributed by atoms with Crippen molar-refractivity contribution in [1.29, 1.82) is 0 Å². The minimum Gasteiger partial charge on any atom is -0.379 e. The molecule has 2 aromatic rings. The molecule has 2 aromatic heterocycles. The number of thiophene rings is 1. The number of ether oxygens (including phenoxy) is 1. The molecule has 5 heteroatoms. The topological polar surface area (TPSA) is 54.1 Å². The quantitative estimate of drug-likeness (QED) is 0.835.